The van der Waals surface area contributed by atoms with Gasteiger partial charge in [0.15, 0.2) is 0 Å². The smallest absolute Gasteiger partial charge is 0.269 e. The molecule has 2 N–H and O–H groups in total. The Hall–Kier alpha value is -3.42. The Morgan fingerprint density at radius 1 is 1.27 bits per heavy atom. The largest absolute Gasteiger partial charge is 0.497 e. The fourth-order valence-electron chi connectivity index (χ4n) is 3.81. The van der Waals surface area contributed by atoms with Crippen molar-refractivity contribution >= 4 is 5.91 Å². The number of hydrogen-bond donors (Lipinski definition) is 2. The van der Waals surface area contributed by atoms with Crippen molar-refractivity contribution in [3.8, 4) is 17.0 Å². The van der Waals surface area contributed by atoms with Crippen molar-refractivity contribution in [3.63, 3.8) is 0 Å². The molecular weight excluding hydrogens is 382 g/mol. The van der Waals surface area contributed by atoms with Gasteiger partial charge in [0.2, 0.25) is 0 Å². The molecule has 3 aromatic rings. The Labute approximate surface area is 174 Å². The maximum absolute atomic E-state index is 12.4. The summed E-state index contributed by atoms with van der Waals surface area (Å²) in [5.74, 6) is 0.853. The topological polar surface area (TPSA) is 102 Å². The summed E-state index contributed by atoms with van der Waals surface area (Å²) in [6, 6.07) is 10.8. The van der Waals surface area contributed by atoms with Crippen LogP contribution in [0.15, 0.2) is 47.5 Å². The molecule has 0 radical (unpaired) electrons. The Balaban J connectivity index is 1.34. The van der Waals surface area contributed by atoms with Crippen LogP contribution in [0, 0.1) is 0 Å². The summed E-state index contributed by atoms with van der Waals surface area (Å²) in [5, 5.41) is 9.77. The summed E-state index contributed by atoms with van der Waals surface area (Å²) in [6.07, 6.45) is 6.20. The minimum absolute atomic E-state index is 0.0806. The highest BCUT2D eigenvalue weighted by Crippen LogP contribution is 2.32. The lowest BCUT2D eigenvalue weighted by Gasteiger charge is -2.10. The molecule has 1 aliphatic carbocycles. The molecule has 1 amide bonds. The summed E-state index contributed by atoms with van der Waals surface area (Å²) < 4.78 is 6.74. The molecular formula is C22H25N5O3. The first kappa shape index (κ1) is 19.9. The summed E-state index contributed by atoms with van der Waals surface area (Å²) >= 11 is 0. The molecule has 1 aromatic carbocycles. The number of ether oxygens (including phenoxy) is 1. The van der Waals surface area contributed by atoms with Gasteiger partial charge in [0.25, 0.3) is 11.5 Å². The molecule has 2 aromatic heterocycles. The van der Waals surface area contributed by atoms with Gasteiger partial charge in [-0.3, -0.25) is 19.3 Å². The van der Waals surface area contributed by atoms with Crippen LogP contribution in [-0.4, -0.2) is 39.3 Å². The van der Waals surface area contributed by atoms with Gasteiger partial charge in [-0.2, -0.15) is 5.10 Å². The third kappa shape index (κ3) is 4.42. The first-order chi connectivity index (χ1) is 14.6. The van der Waals surface area contributed by atoms with E-state index in [9.17, 15) is 9.59 Å². The second-order valence-electron chi connectivity index (χ2n) is 7.48. The number of nitrogens with zero attached hydrogens (tertiary/aromatic N) is 3. The molecule has 1 aliphatic rings. The fraction of sp³-hybridized carbons (Fsp3) is 0.364. The standard InChI is InChI=1S/C22H25N5O3/c1-30-17-8-4-7-16(11-17)19-12-20(26-25-19)22(29)23-9-10-27-14-24-18(13-21(27)28)15-5-2-3-6-15/h4,7-8,11-15H,2-3,5-6,9-10H2,1H3,(H,23,29)(H,25,26). The monoisotopic (exact) mass is 407 g/mol. The van der Waals surface area contributed by atoms with E-state index in [0.29, 0.717) is 30.4 Å². The molecule has 2 heterocycles. The number of nitrogens with one attached hydrogen (secondary N) is 2. The van der Waals surface area contributed by atoms with Gasteiger partial charge in [0, 0.05) is 30.6 Å². The Kier molecular flexibility index (Phi) is 5.92. The predicted octanol–water partition coefficient (Wildman–Crippen LogP) is 2.73. The summed E-state index contributed by atoms with van der Waals surface area (Å²) in [7, 11) is 1.60. The molecule has 0 aliphatic heterocycles. The number of aromatic amines is 1. The van der Waals surface area contributed by atoms with Gasteiger partial charge in [0.1, 0.15) is 11.4 Å². The van der Waals surface area contributed by atoms with Crippen molar-refractivity contribution in [2.24, 2.45) is 0 Å². The summed E-state index contributed by atoms with van der Waals surface area (Å²) in [6.45, 7) is 0.677. The highest BCUT2D eigenvalue weighted by atomic mass is 16.5. The summed E-state index contributed by atoms with van der Waals surface area (Å²) in [5.41, 5.74) is 2.67. The fourth-order valence-corrected chi connectivity index (χ4v) is 3.81. The zero-order valence-corrected chi connectivity index (χ0v) is 16.9. The van der Waals surface area contributed by atoms with Crippen LogP contribution in [0.3, 0.4) is 0 Å². The van der Waals surface area contributed by atoms with Crippen molar-refractivity contribution in [2.45, 2.75) is 38.1 Å². The van der Waals surface area contributed by atoms with Crippen molar-refractivity contribution in [1.82, 2.24) is 25.1 Å². The minimum Gasteiger partial charge on any atom is -0.497 e. The molecule has 30 heavy (non-hydrogen) atoms. The van der Waals surface area contributed by atoms with Crippen LogP contribution in [-0.2, 0) is 6.54 Å². The second-order valence-corrected chi connectivity index (χ2v) is 7.48. The van der Waals surface area contributed by atoms with E-state index < -0.39 is 0 Å². The van der Waals surface area contributed by atoms with Crippen molar-refractivity contribution in [1.29, 1.82) is 0 Å². The lowest BCUT2D eigenvalue weighted by atomic mass is 10.0. The minimum atomic E-state index is -0.278. The van der Waals surface area contributed by atoms with E-state index in [-0.39, 0.29) is 11.5 Å². The van der Waals surface area contributed by atoms with Gasteiger partial charge >= 0.3 is 0 Å². The van der Waals surface area contributed by atoms with Crippen LogP contribution >= 0.6 is 0 Å². The Bertz CT molecular complexity index is 1080. The average Bonchev–Trinajstić information content (AvgIpc) is 3.47. The number of amides is 1. The SMILES string of the molecule is COc1cccc(-c2cc(C(=O)NCCn3cnc(C4CCCC4)cc3=O)[nH]n2)c1. The number of rotatable bonds is 7. The Morgan fingerprint density at radius 3 is 2.87 bits per heavy atom. The van der Waals surface area contributed by atoms with Gasteiger partial charge in [-0.1, -0.05) is 25.0 Å². The molecule has 8 nitrogen and oxygen atoms in total. The third-order valence-electron chi connectivity index (χ3n) is 5.50. The first-order valence-electron chi connectivity index (χ1n) is 10.2. The predicted molar refractivity (Wildman–Crippen MR) is 113 cm³/mol. The first-order valence-corrected chi connectivity index (χ1v) is 10.2. The molecule has 0 unspecified atom stereocenters. The van der Waals surface area contributed by atoms with E-state index in [0.717, 1.165) is 29.8 Å². The van der Waals surface area contributed by atoms with Gasteiger partial charge in [-0.15, -0.1) is 0 Å². The van der Waals surface area contributed by atoms with Gasteiger partial charge in [-0.05, 0) is 31.0 Å². The summed E-state index contributed by atoms with van der Waals surface area (Å²) in [4.78, 5) is 29.2. The van der Waals surface area contributed by atoms with Crippen LogP contribution in [0.5, 0.6) is 5.75 Å². The number of aromatic nitrogens is 4. The van der Waals surface area contributed by atoms with E-state index >= 15 is 0 Å². The van der Waals surface area contributed by atoms with E-state index in [4.69, 9.17) is 4.74 Å². The zero-order chi connectivity index (χ0) is 20.9. The molecule has 8 heteroatoms. The molecule has 4 rings (SSSR count). The molecule has 156 valence electrons. The van der Waals surface area contributed by atoms with Crippen LogP contribution in [0.25, 0.3) is 11.3 Å². The number of H-pyrrole nitrogens is 1. The molecule has 0 saturated heterocycles. The van der Waals surface area contributed by atoms with Crippen LogP contribution in [0.2, 0.25) is 0 Å². The molecule has 0 bridgehead atoms. The van der Waals surface area contributed by atoms with E-state index in [1.54, 1.807) is 25.6 Å². The lowest BCUT2D eigenvalue weighted by Crippen LogP contribution is -2.31. The third-order valence-corrected chi connectivity index (χ3v) is 5.50. The van der Waals surface area contributed by atoms with Crippen molar-refractivity contribution < 1.29 is 9.53 Å². The Morgan fingerprint density at radius 2 is 2.10 bits per heavy atom. The van der Waals surface area contributed by atoms with Crippen LogP contribution in [0.1, 0.15) is 47.8 Å². The van der Waals surface area contributed by atoms with Crippen molar-refractivity contribution in [3.05, 3.63) is 64.5 Å². The van der Waals surface area contributed by atoms with Gasteiger partial charge in [-0.25, -0.2) is 4.98 Å². The van der Waals surface area contributed by atoms with E-state index in [2.05, 4.69) is 20.5 Å². The molecule has 1 saturated carbocycles. The lowest BCUT2D eigenvalue weighted by molar-refractivity contribution is 0.0947. The van der Waals surface area contributed by atoms with Crippen molar-refractivity contribution in [2.75, 3.05) is 13.7 Å². The molecule has 0 spiro atoms. The number of methoxy groups -OCH3 is 1. The van der Waals surface area contributed by atoms with E-state index in [1.807, 2.05) is 24.3 Å². The average molecular weight is 407 g/mol. The number of hydrogen-bond acceptors (Lipinski definition) is 5. The number of carbonyl (C=O) groups excluding carboxylic acids is 1. The quantitative estimate of drug-likeness (QED) is 0.627. The number of carbonyl (C=O) groups is 1. The highest BCUT2D eigenvalue weighted by Gasteiger charge is 2.19. The normalized spacial score (nSPS) is 14.0. The van der Waals surface area contributed by atoms with Gasteiger partial charge < -0.3 is 10.1 Å². The maximum Gasteiger partial charge on any atom is 0.269 e. The maximum atomic E-state index is 12.4. The molecule has 0 atom stereocenters. The van der Waals surface area contributed by atoms with Gasteiger partial charge in [0.05, 0.1) is 24.8 Å². The van der Waals surface area contributed by atoms with Crippen LogP contribution in [0.4, 0.5) is 0 Å². The van der Waals surface area contributed by atoms with E-state index in [1.165, 1.54) is 17.4 Å². The second kappa shape index (κ2) is 8.94. The number of benzene rings is 1. The molecule has 1 fully saturated rings. The zero-order valence-electron chi connectivity index (χ0n) is 16.9. The van der Waals surface area contributed by atoms with Crippen LogP contribution < -0.4 is 15.6 Å². The highest BCUT2D eigenvalue weighted by molar-refractivity contribution is 5.93.